The van der Waals surface area contributed by atoms with Crippen LogP contribution in [0.3, 0.4) is 0 Å². The minimum atomic E-state index is 0. The first kappa shape index (κ1) is 18.5. The van der Waals surface area contributed by atoms with Gasteiger partial charge in [0.15, 0.2) is 37.9 Å². The van der Waals surface area contributed by atoms with Crippen molar-refractivity contribution in [3.8, 4) is 0 Å². The van der Waals surface area contributed by atoms with Crippen LogP contribution in [0.25, 0.3) is 0 Å². The van der Waals surface area contributed by atoms with Crippen LogP contribution < -0.4 is 43.1 Å². The highest BCUT2D eigenvalue weighted by Crippen LogP contribution is 2.04. The maximum absolute atomic E-state index is 2.21. The molecule has 2 nitrogen and oxygen atoms in total. The van der Waals surface area contributed by atoms with Gasteiger partial charge >= 0.3 is 0 Å². The highest BCUT2D eigenvalue weighted by Gasteiger charge is 2.04. The number of hydrogen-bond acceptors (Lipinski definition) is 0. The second-order valence-electron chi connectivity index (χ2n) is 4.91. The number of rotatable bonds is 4. The topological polar surface area (TPSA) is 7.76 Å². The molecule has 0 aliphatic carbocycles. The highest BCUT2D eigenvalue weighted by molar-refractivity contribution is 5.21. The molecule has 1 aromatic carbocycles. The lowest BCUT2D eigenvalue weighted by atomic mass is 10.1. The van der Waals surface area contributed by atoms with Gasteiger partial charge in [-0.1, -0.05) is 36.4 Å². The Hall–Kier alpha value is -1.52. The molecule has 0 atom stereocenters. The van der Waals surface area contributed by atoms with Crippen LogP contribution in [0, 0.1) is 0 Å². The summed E-state index contributed by atoms with van der Waals surface area (Å²) in [6.07, 6.45) is 8.36. The van der Waals surface area contributed by atoms with Crippen LogP contribution in [-0.2, 0) is 13.1 Å². The number of halogens is 2. The Kier molecular flexibility index (Phi) is 7.99. The van der Waals surface area contributed by atoms with Crippen molar-refractivity contribution in [3.05, 3.63) is 96.6 Å². The first-order chi connectivity index (χ1) is 9.90. The van der Waals surface area contributed by atoms with E-state index in [4.69, 9.17) is 0 Å². The van der Waals surface area contributed by atoms with Crippen molar-refractivity contribution >= 4 is 0 Å². The molecule has 0 fully saturated rings. The zero-order valence-electron chi connectivity index (χ0n) is 12.1. The minimum Gasteiger partial charge on any atom is -1.00 e. The van der Waals surface area contributed by atoms with E-state index in [1.165, 1.54) is 11.1 Å². The van der Waals surface area contributed by atoms with Crippen LogP contribution in [0.4, 0.5) is 0 Å². The van der Waals surface area contributed by atoms with Crippen molar-refractivity contribution in [1.82, 2.24) is 0 Å². The fourth-order valence-electron chi connectivity index (χ4n) is 2.25. The molecule has 0 saturated carbocycles. The third-order valence-corrected chi connectivity index (χ3v) is 3.31. The van der Waals surface area contributed by atoms with Crippen LogP contribution in [0.1, 0.15) is 11.1 Å². The molecule has 0 bridgehead atoms. The van der Waals surface area contributed by atoms with E-state index >= 15 is 0 Å². The lowest BCUT2D eigenvalue weighted by Gasteiger charge is -2.00. The zero-order valence-corrected chi connectivity index (χ0v) is 15.3. The van der Waals surface area contributed by atoms with E-state index in [1.807, 2.05) is 12.1 Å². The molecule has 3 rings (SSSR count). The van der Waals surface area contributed by atoms with Gasteiger partial charge in [-0.05, 0) is 0 Å². The second-order valence-corrected chi connectivity index (χ2v) is 4.91. The van der Waals surface area contributed by atoms with Crippen LogP contribution in [0.15, 0.2) is 85.5 Å². The summed E-state index contributed by atoms with van der Waals surface area (Å²) in [4.78, 5) is 0. The summed E-state index contributed by atoms with van der Waals surface area (Å²) in [6.45, 7) is 1.83. The molecular formula is C18H18Br2N2. The monoisotopic (exact) mass is 420 g/mol. The third kappa shape index (κ3) is 5.35. The SMILES string of the molecule is [Br-].[Br-].c1cc[n+](Cc2ccc(C[n+]3ccccc3)cc2)cc1. The van der Waals surface area contributed by atoms with E-state index in [0.717, 1.165) is 13.1 Å². The Balaban J connectivity index is 0.00000121. The molecule has 22 heavy (non-hydrogen) atoms. The van der Waals surface area contributed by atoms with Crippen molar-refractivity contribution in [1.29, 1.82) is 0 Å². The molecular weight excluding hydrogens is 404 g/mol. The predicted octanol–water partition coefficient (Wildman–Crippen LogP) is -3.63. The second kappa shape index (κ2) is 9.49. The largest absolute Gasteiger partial charge is 1.00 e. The highest BCUT2D eigenvalue weighted by atomic mass is 79.9. The molecule has 4 heteroatoms. The van der Waals surface area contributed by atoms with Gasteiger partial charge in [0.25, 0.3) is 0 Å². The number of nitrogens with zero attached hydrogens (tertiary/aromatic N) is 2. The van der Waals surface area contributed by atoms with E-state index in [-0.39, 0.29) is 34.0 Å². The molecule has 0 radical (unpaired) electrons. The molecule has 0 N–H and O–H groups in total. The van der Waals surface area contributed by atoms with E-state index < -0.39 is 0 Å². The summed E-state index contributed by atoms with van der Waals surface area (Å²) in [6, 6.07) is 21.1. The van der Waals surface area contributed by atoms with Gasteiger partial charge in [0.1, 0.15) is 0 Å². The average Bonchev–Trinajstić information content (AvgIpc) is 2.51. The molecule has 0 unspecified atom stereocenters. The predicted molar refractivity (Wildman–Crippen MR) is 77.9 cm³/mol. The normalized spacial score (nSPS) is 9.45. The summed E-state index contributed by atoms with van der Waals surface area (Å²) in [5, 5.41) is 0. The lowest BCUT2D eigenvalue weighted by molar-refractivity contribution is -0.688. The first-order valence-electron chi connectivity index (χ1n) is 6.86. The van der Waals surface area contributed by atoms with Crippen molar-refractivity contribution in [2.45, 2.75) is 13.1 Å². The Morgan fingerprint density at radius 3 is 1.14 bits per heavy atom. The molecule has 114 valence electrons. The van der Waals surface area contributed by atoms with Crippen LogP contribution in [0.2, 0.25) is 0 Å². The van der Waals surface area contributed by atoms with E-state index in [2.05, 4.69) is 82.5 Å². The molecule has 0 amide bonds. The van der Waals surface area contributed by atoms with Gasteiger partial charge in [0, 0.05) is 35.4 Å². The van der Waals surface area contributed by atoms with Crippen LogP contribution >= 0.6 is 0 Å². The van der Waals surface area contributed by atoms with Crippen molar-refractivity contribution in [3.63, 3.8) is 0 Å². The van der Waals surface area contributed by atoms with E-state index in [9.17, 15) is 0 Å². The average molecular weight is 422 g/mol. The van der Waals surface area contributed by atoms with E-state index in [0.29, 0.717) is 0 Å². The summed E-state index contributed by atoms with van der Waals surface area (Å²) in [5.74, 6) is 0. The van der Waals surface area contributed by atoms with Gasteiger partial charge in [-0.3, -0.25) is 0 Å². The van der Waals surface area contributed by atoms with Crippen molar-refractivity contribution in [2.24, 2.45) is 0 Å². The number of aromatic nitrogens is 2. The fourth-order valence-corrected chi connectivity index (χ4v) is 2.25. The zero-order chi connectivity index (χ0) is 13.6. The summed E-state index contributed by atoms with van der Waals surface area (Å²) >= 11 is 0. The number of benzene rings is 1. The van der Waals surface area contributed by atoms with Gasteiger partial charge in [0.05, 0.1) is 0 Å². The fraction of sp³-hybridized carbons (Fsp3) is 0.111. The van der Waals surface area contributed by atoms with Gasteiger partial charge < -0.3 is 34.0 Å². The number of hydrogen-bond donors (Lipinski definition) is 0. The van der Waals surface area contributed by atoms with Crippen LogP contribution in [-0.4, -0.2) is 0 Å². The van der Waals surface area contributed by atoms with Crippen molar-refractivity contribution in [2.75, 3.05) is 0 Å². The number of pyridine rings is 2. The van der Waals surface area contributed by atoms with Gasteiger partial charge in [-0.15, -0.1) is 0 Å². The quantitative estimate of drug-likeness (QED) is 0.384. The smallest absolute Gasteiger partial charge is 0.173 e. The van der Waals surface area contributed by atoms with E-state index in [1.54, 1.807) is 0 Å². The minimum absolute atomic E-state index is 0. The Morgan fingerprint density at radius 2 is 0.818 bits per heavy atom. The van der Waals surface area contributed by atoms with Gasteiger partial charge in [-0.25, -0.2) is 9.13 Å². The Morgan fingerprint density at radius 1 is 0.500 bits per heavy atom. The Bertz CT molecular complexity index is 595. The summed E-state index contributed by atoms with van der Waals surface area (Å²) in [5.41, 5.74) is 2.64. The lowest BCUT2D eigenvalue weighted by Crippen LogP contribution is -3.00. The molecule has 3 aromatic rings. The Labute approximate surface area is 152 Å². The first-order valence-corrected chi connectivity index (χ1v) is 6.86. The third-order valence-electron chi connectivity index (χ3n) is 3.31. The molecule has 0 spiro atoms. The van der Waals surface area contributed by atoms with Crippen molar-refractivity contribution < 1.29 is 43.1 Å². The van der Waals surface area contributed by atoms with Gasteiger partial charge in [0.2, 0.25) is 0 Å². The maximum atomic E-state index is 2.21. The standard InChI is InChI=1S/C18H18N2.2BrH/c1-3-11-19(12-4-1)15-17-7-9-18(10-8-17)16-20-13-5-2-6-14-20;;/h1-14H,15-16H2;2*1H/q+2;;/p-2. The molecule has 0 aliphatic heterocycles. The summed E-state index contributed by atoms with van der Waals surface area (Å²) < 4.78 is 4.36. The molecule has 0 saturated heterocycles. The molecule has 2 aromatic heterocycles. The van der Waals surface area contributed by atoms with Crippen LogP contribution in [0.5, 0.6) is 0 Å². The molecule has 0 aliphatic rings. The maximum Gasteiger partial charge on any atom is 0.173 e. The molecule has 2 heterocycles. The summed E-state index contributed by atoms with van der Waals surface area (Å²) in [7, 11) is 0. The van der Waals surface area contributed by atoms with Gasteiger partial charge in [-0.2, -0.15) is 0 Å².